The molecule has 1 heterocycles. The topological polar surface area (TPSA) is 122 Å². The Hall–Kier alpha value is -4.47. The fourth-order valence-electron chi connectivity index (χ4n) is 2.47. The minimum Gasteiger partial charge on any atom is -0.484 e. The number of alkyl halides is 3. The second-order valence-corrected chi connectivity index (χ2v) is 6.10. The Morgan fingerprint density at radius 1 is 1.12 bits per heavy atom. The van der Waals surface area contributed by atoms with Crippen LogP contribution in [0.2, 0.25) is 0 Å². The number of ether oxygens (including phenoxy) is 1. The zero-order valence-electron chi connectivity index (χ0n) is 15.9. The summed E-state index contributed by atoms with van der Waals surface area (Å²) < 4.78 is 59.4. The van der Waals surface area contributed by atoms with Gasteiger partial charge in [0.15, 0.2) is 18.0 Å². The lowest BCUT2D eigenvalue weighted by Gasteiger charge is -2.12. The van der Waals surface area contributed by atoms with Crippen LogP contribution < -0.4 is 15.6 Å². The normalized spacial score (nSPS) is 10.8. The summed E-state index contributed by atoms with van der Waals surface area (Å²) in [5.74, 6) is -2.84. The number of nitrogens with one attached hydrogen (secondary N) is 2. The quantitative estimate of drug-likeness (QED) is 0.456. The van der Waals surface area contributed by atoms with Crippen LogP contribution in [0.5, 0.6) is 5.75 Å². The summed E-state index contributed by atoms with van der Waals surface area (Å²) >= 11 is 0. The van der Waals surface area contributed by atoms with E-state index < -0.39 is 41.8 Å². The molecule has 13 heteroatoms. The van der Waals surface area contributed by atoms with Gasteiger partial charge in [-0.1, -0.05) is 11.3 Å². The van der Waals surface area contributed by atoms with Crippen molar-refractivity contribution in [2.24, 2.45) is 0 Å². The Kier molecular flexibility index (Phi) is 6.34. The third kappa shape index (κ3) is 5.17. The van der Waals surface area contributed by atoms with E-state index in [1.807, 2.05) is 11.5 Å². The number of hydrazine groups is 1. The summed E-state index contributed by atoms with van der Waals surface area (Å²) in [4.78, 5) is 24.0. The molecule has 0 aliphatic heterocycles. The standard InChI is InChI=1S/C19H12F4N6O3/c20-12-2-1-3-13(8-12)29-17(19(21,22)23)16(26-28-29)18(31)27-25-15(30)10-32-14-6-4-11(9-24)5-7-14/h1-8H,10H2,(H,25,30)(H,27,31). The highest BCUT2D eigenvalue weighted by Gasteiger charge is 2.42. The van der Waals surface area contributed by atoms with Crippen molar-refractivity contribution in [3.8, 4) is 17.5 Å². The molecular formula is C19H12F4N6O3. The molecule has 32 heavy (non-hydrogen) atoms. The van der Waals surface area contributed by atoms with Crippen LogP contribution in [0.3, 0.4) is 0 Å². The van der Waals surface area contributed by atoms with Gasteiger partial charge in [-0.3, -0.25) is 20.4 Å². The molecule has 2 amide bonds. The first-order valence-corrected chi connectivity index (χ1v) is 8.70. The number of aromatic nitrogens is 3. The molecule has 9 nitrogen and oxygen atoms in total. The van der Waals surface area contributed by atoms with E-state index in [-0.39, 0.29) is 16.1 Å². The Bertz CT molecular complexity index is 1190. The second kappa shape index (κ2) is 9.13. The maximum atomic E-state index is 13.5. The average Bonchev–Trinajstić information content (AvgIpc) is 3.22. The number of hydrogen-bond donors (Lipinski definition) is 2. The molecule has 0 saturated heterocycles. The summed E-state index contributed by atoms with van der Waals surface area (Å²) in [6, 6.07) is 11.8. The van der Waals surface area contributed by atoms with Gasteiger partial charge in [-0.15, -0.1) is 5.10 Å². The van der Waals surface area contributed by atoms with Crippen LogP contribution in [0.4, 0.5) is 17.6 Å². The number of benzene rings is 2. The highest BCUT2D eigenvalue weighted by molar-refractivity contribution is 5.95. The van der Waals surface area contributed by atoms with E-state index in [0.717, 1.165) is 18.2 Å². The van der Waals surface area contributed by atoms with Crippen LogP contribution in [0.1, 0.15) is 21.7 Å². The number of nitriles is 1. The van der Waals surface area contributed by atoms with Crippen molar-refractivity contribution < 1.29 is 31.9 Å². The molecule has 3 aromatic rings. The van der Waals surface area contributed by atoms with Crippen LogP contribution in [0.15, 0.2) is 48.5 Å². The van der Waals surface area contributed by atoms with Gasteiger partial charge in [0.25, 0.3) is 11.8 Å². The Balaban J connectivity index is 1.68. The van der Waals surface area contributed by atoms with Crippen molar-refractivity contribution in [2.75, 3.05) is 6.61 Å². The highest BCUT2D eigenvalue weighted by Crippen LogP contribution is 2.32. The van der Waals surface area contributed by atoms with Gasteiger partial charge in [-0.25, -0.2) is 9.07 Å². The van der Waals surface area contributed by atoms with Gasteiger partial charge in [0.2, 0.25) is 0 Å². The molecule has 0 bridgehead atoms. The molecule has 0 radical (unpaired) electrons. The molecule has 0 atom stereocenters. The lowest BCUT2D eigenvalue weighted by atomic mass is 10.2. The van der Waals surface area contributed by atoms with Crippen molar-refractivity contribution in [3.05, 3.63) is 71.3 Å². The average molecular weight is 448 g/mol. The fourth-order valence-corrected chi connectivity index (χ4v) is 2.47. The van der Waals surface area contributed by atoms with E-state index in [1.54, 1.807) is 5.43 Å². The maximum absolute atomic E-state index is 13.5. The smallest absolute Gasteiger partial charge is 0.435 e. The summed E-state index contributed by atoms with van der Waals surface area (Å²) in [7, 11) is 0. The van der Waals surface area contributed by atoms with Crippen molar-refractivity contribution >= 4 is 11.8 Å². The third-order valence-corrected chi connectivity index (χ3v) is 3.88. The van der Waals surface area contributed by atoms with Gasteiger partial charge in [0.05, 0.1) is 17.3 Å². The molecule has 0 aliphatic carbocycles. The van der Waals surface area contributed by atoms with Crippen LogP contribution in [-0.4, -0.2) is 33.4 Å². The molecule has 2 aromatic carbocycles. The molecule has 0 aliphatic rings. The predicted molar refractivity (Wildman–Crippen MR) is 98.6 cm³/mol. The molecule has 2 N–H and O–H groups in total. The number of halogens is 4. The molecule has 0 fully saturated rings. The predicted octanol–water partition coefficient (Wildman–Crippen LogP) is 2.14. The summed E-state index contributed by atoms with van der Waals surface area (Å²) in [6.45, 7) is -0.575. The van der Waals surface area contributed by atoms with E-state index >= 15 is 0 Å². The van der Waals surface area contributed by atoms with Crippen molar-refractivity contribution in [1.29, 1.82) is 5.26 Å². The van der Waals surface area contributed by atoms with Crippen molar-refractivity contribution in [3.63, 3.8) is 0 Å². The molecule has 164 valence electrons. The number of carbonyl (C=O) groups excluding carboxylic acids is 2. The lowest BCUT2D eigenvalue weighted by molar-refractivity contribution is -0.143. The summed E-state index contributed by atoms with van der Waals surface area (Å²) in [5.41, 5.74) is 1.07. The Morgan fingerprint density at radius 2 is 1.84 bits per heavy atom. The van der Waals surface area contributed by atoms with Gasteiger partial charge in [-0.05, 0) is 42.5 Å². The summed E-state index contributed by atoms with van der Waals surface area (Å²) in [6.07, 6.45) is -5.06. The van der Waals surface area contributed by atoms with Gasteiger partial charge < -0.3 is 4.74 Å². The molecular weight excluding hydrogens is 436 g/mol. The fraction of sp³-hybridized carbons (Fsp3) is 0.105. The Morgan fingerprint density at radius 3 is 2.47 bits per heavy atom. The van der Waals surface area contributed by atoms with E-state index in [1.165, 1.54) is 30.3 Å². The highest BCUT2D eigenvalue weighted by atomic mass is 19.4. The number of amides is 2. The lowest BCUT2D eigenvalue weighted by Crippen LogP contribution is -2.44. The van der Waals surface area contributed by atoms with Crippen LogP contribution in [0.25, 0.3) is 5.69 Å². The van der Waals surface area contributed by atoms with E-state index in [9.17, 15) is 27.2 Å². The number of rotatable bonds is 5. The minimum atomic E-state index is -5.06. The van der Waals surface area contributed by atoms with Gasteiger partial charge in [0, 0.05) is 0 Å². The van der Waals surface area contributed by atoms with E-state index in [2.05, 4.69) is 10.3 Å². The zero-order chi connectivity index (χ0) is 23.3. The van der Waals surface area contributed by atoms with Gasteiger partial charge in [0.1, 0.15) is 11.6 Å². The van der Waals surface area contributed by atoms with Crippen molar-refractivity contribution in [1.82, 2.24) is 25.8 Å². The molecule has 0 unspecified atom stereocenters. The number of hydrogen-bond acceptors (Lipinski definition) is 6. The third-order valence-electron chi connectivity index (χ3n) is 3.88. The monoisotopic (exact) mass is 448 g/mol. The van der Waals surface area contributed by atoms with Crippen molar-refractivity contribution in [2.45, 2.75) is 6.18 Å². The van der Waals surface area contributed by atoms with Crippen LogP contribution >= 0.6 is 0 Å². The zero-order valence-corrected chi connectivity index (χ0v) is 15.9. The molecule has 3 rings (SSSR count). The molecule has 0 saturated carbocycles. The largest absolute Gasteiger partial charge is 0.484 e. The SMILES string of the molecule is N#Cc1ccc(OCC(=O)NNC(=O)c2nnn(-c3cccc(F)c3)c2C(F)(F)F)cc1. The number of carbonyl (C=O) groups is 2. The van der Waals surface area contributed by atoms with Gasteiger partial charge >= 0.3 is 6.18 Å². The number of nitrogens with zero attached hydrogens (tertiary/aromatic N) is 4. The first-order chi connectivity index (χ1) is 15.2. The molecule has 1 aromatic heterocycles. The summed E-state index contributed by atoms with van der Waals surface area (Å²) in [5, 5.41) is 15.2. The first kappa shape index (κ1) is 22.2. The molecule has 0 spiro atoms. The first-order valence-electron chi connectivity index (χ1n) is 8.70. The maximum Gasteiger partial charge on any atom is 0.435 e. The second-order valence-electron chi connectivity index (χ2n) is 6.10. The van der Waals surface area contributed by atoms with E-state index in [0.29, 0.717) is 5.56 Å². The van der Waals surface area contributed by atoms with E-state index in [4.69, 9.17) is 10.00 Å². The van der Waals surface area contributed by atoms with Crippen LogP contribution in [-0.2, 0) is 11.0 Å². The Labute approximate surface area is 177 Å². The minimum absolute atomic E-state index is 0.253. The van der Waals surface area contributed by atoms with Gasteiger partial charge in [-0.2, -0.15) is 18.4 Å². The van der Waals surface area contributed by atoms with Crippen LogP contribution in [0, 0.1) is 17.1 Å².